The number of carbonyl (C=O) groups excluding carboxylic acids is 1. The third-order valence-corrected chi connectivity index (χ3v) is 3.27. The Bertz CT molecular complexity index is 855. The second kappa shape index (κ2) is 5.55. The van der Waals surface area contributed by atoms with Crippen molar-refractivity contribution < 1.29 is 19.1 Å². The largest absolute Gasteiger partial charge is 0.444 e. The summed E-state index contributed by atoms with van der Waals surface area (Å²) in [5.41, 5.74) is 1.36. The van der Waals surface area contributed by atoms with Crippen LogP contribution in [-0.4, -0.2) is 26.4 Å². The van der Waals surface area contributed by atoms with Crippen LogP contribution in [0.1, 0.15) is 26.5 Å². The van der Waals surface area contributed by atoms with E-state index in [0.29, 0.717) is 17.1 Å². The average Bonchev–Trinajstić information content (AvgIpc) is 3.11. The van der Waals surface area contributed by atoms with Crippen molar-refractivity contribution in [3.63, 3.8) is 0 Å². The third-order valence-electron chi connectivity index (χ3n) is 3.27. The van der Waals surface area contributed by atoms with Crippen LogP contribution in [0.25, 0.3) is 22.4 Å². The van der Waals surface area contributed by atoms with Crippen LogP contribution in [0.2, 0.25) is 0 Å². The number of fused-ring (bicyclic) bond motifs is 1. The van der Waals surface area contributed by atoms with E-state index < -0.39 is 11.7 Å². The Kier molecular flexibility index (Phi) is 3.69. The highest BCUT2D eigenvalue weighted by atomic mass is 16.6. The molecule has 0 aliphatic heterocycles. The number of benzene rings is 1. The molecule has 0 saturated carbocycles. The van der Waals surface area contributed by atoms with Gasteiger partial charge in [-0.05, 0) is 39.0 Å². The van der Waals surface area contributed by atoms with Gasteiger partial charge in [0.25, 0.3) is 0 Å². The molecule has 1 aromatic carbocycles. The lowest BCUT2D eigenvalue weighted by Crippen LogP contribution is -2.26. The van der Waals surface area contributed by atoms with E-state index in [1.54, 1.807) is 6.20 Å². The number of carbonyl (C=O) groups is 1. The van der Waals surface area contributed by atoms with E-state index in [4.69, 9.17) is 14.3 Å². The number of hydrogen-bond donors (Lipinski definition) is 1. The summed E-state index contributed by atoms with van der Waals surface area (Å²) in [6.45, 7) is 5.29. The molecule has 0 spiro atoms. The lowest BCUT2D eigenvalue weighted by atomic mass is 10.1. The van der Waals surface area contributed by atoms with Crippen LogP contribution in [0.15, 0.2) is 41.1 Å². The predicted molar refractivity (Wildman–Crippen MR) is 85.0 cm³/mol. The molecule has 23 heavy (non-hydrogen) atoms. The molecule has 0 bridgehead atoms. The normalized spacial score (nSPS) is 11.8. The molecular weight excluding hydrogens is 296 g/mol. The molecule has 2 aromatic heterocycles. The Morgan fingerprint density at radius 1 is 1.35 bits per heavy atom. The SMILES string of the molecule is CC(C)(C)OC(=O)n1ccc2c(-c3nc(CO)co3)cccc21. The first kappa shape index (κ1) is 15.3. The van der Waals surface area contributed by atoms with Gasteiger partial charge in [0.15, 0.2) is 0 Å². The zero-order chi connectivity index (χ0) is 16.6. The molecule has 0 saturated heterocycles. The van der Waals surface area contributed by atoms with E-state index in [-0.39, 0.29) is 6.61 Å². The minimum atomic E-state index is -0.566. The Balaban J connectivity index is 2.05. The van der Waals surface area contributed by atoms with Crippen LogP contribution in [0.5, 0.6) is 0 Å². The van der Waals surface area contributed by atoms with Crippen molar-refractivity contribution in [1.29, 1.82) is 0 Å². The summed E-state index contributed by atoms with van der Waals surface area (Å²) in [6.07, 6.45) is 2.64. The van der Waals surface area contributed by atoms with Gasteiger partial charge in [-0.25, -0.2) is 9.78 Å². The van der Waals surface area contributed by atoms with Crippen molar-refractivity contribution in [2.45, 2.75) is 33.0 Å². The Hall–Kier alpha value is -2.60. The molecule has 0 aliphatic carbocycles. The molecule has 0 fully saturated rings. The van der Waals surface area contributed by atoms with Crippen LogP contribution in [0.4, 0.5) is 4.79 Å². The lowest BCUT2D eigenvalue weighted by Gasteiger charge is -2.19. The zero-order valence-corrected chi connectivity index (χ0v) is 13.2. The Morgan fingerprint density at radius 3 is 2.78 bits per heavy atom. The highest BCUT2D eigenvalue weighted by molar-refractivity contribution is 5.97. The van der Waals surface area contributed by atoms with Gasteiger partial charge in [0.05, 0.1) is 12.1 Å². The second-order valence-electron chi connectivity index (χ2n) is 6.21. The molecule has 0 unspecified atom stereocenters. The van der Waals surface area contributed by atoms with E-state index in [9.17, 15) is 4.79 Å². The number of ether oxygens (including phenoxy) is 1. The molecule has 0 amide bonds. The van der Waals surface area contributed by atoms with Gasteiger partial charge < -0.3 is 14.3 Å². The molecule has 0 atom stereocenters. The van der Waals surface area contributed by atoms with Crippen LogP contribution >= 0.6 is 0 Å². The summed E-state index contributed by atoms with van der Waals surface area (Å²) < 4.78 is 12.3. The van der Waals surface area contributed by atoms with Crippen molar-refractivity contribution >= 4 is 17.0 Å². The number of oxazole rings is 1. The van der Waals surface area contributed by atoms with Crippen LogP contribution in [0.3, 0.4) is 0 Å². The van der Waals surface area contributed by atoms with Gasteiger partial charge >= 0.3 is 6.09 Å². The number of aromatic nitrogens is 2. The third kappa shape index (κ3) is 2.98. The fraction of sp³-hybridized carbons (Fsp3) is 0.294. The second-order valence-corrected chi connectivity index (χ2v) is 6.21. The molecule has 3 rings (SSSR count). The minimum absolute atomic E-state index is 0.182. The lowest BCUT2D eigenvalue weighted by molar-refractivity contribution is 0.0544. The van der Waals surface area contributed by atoms with Gasteiger partial charge in [0, 0.05) is 17.1 Å². The van der Waals surface area contributed by atoms with E-state index in [1.165, 1.54) is 10.8 Å². The van der Waals surface area contributed by atoms with E-state index >= 15 is 0 Å². The van der Waals surface area contributed by atoms with E-state index in [0.717, 1.165) is 10.9 Å². The summed E-state index contributed by atoms with van der Waals surface area (Å²) in [4.78, 5) is 16.5. The van der Waals surface area contributed by atoms with Crippen molar-refractivity contribution in [2.24, 2.45) is 0 Å². The average molecular weight is 314 g/mol. The molecule has 6 heteroatoms. The van der Waals surface area contributed by atoms with Crippen molar-refractivity contribution in [3.8, 4) is 11.5 Å². The summed E-state index contributed by atoms with van der Waals surface area (Å²) >= 11 is 0. The van der Waals surface area contributed by atoms with Crippen molar-refractivity contribution in [3.05, 3.63) is 42.4 Å². The summed E-state index contributed by atoms with van der Waals surface area (Å²) in [5, 5.41) is 9.93. The van der Waals surface area contributed by atoms with Crippen molar-refractivity contribution in [1.82, 2.24) is 9.55 Å². The molecule has 2 heterocycles. The van der Waals surface area contributed by atoms with Gasteiger partial charge in [-0.3, -0.25) is 4.57 Å². The number of hydrogen-bond acceptors (Lipinski definition) is 5. The van der Waals surface area contributed by atoms with Crippen LogP contribution in [0, 0.1) is 0 Å². The molecule has 0 aliphatic rings. The Morgan fingerprint density at radius 2 is 2.13 bits per heavy atom. The maximum absolute atomic E-state index is 12.3. The summed E-state index contributed by atoms with van der Waals surface area (Å²) in [5.74, 6) is 0.404. The molecule has 0 radical (unpaired) electrons. The molecule has 6 nitrogen and oxygen atoms in total. The van der Waals surface area contributed by atoms with Gasteiger partial charge in [-0.1, -0.05) is 6.07 Å². The minimum Gasteiger partial charge on any atom is -0.444 e. The maximum atomic E-state index is 12.3. The standard InChI is InChI=1S/C17H18N2O4/c1-17(2,3)23-16(21)19-8-7-12-13(5-4-6-14(12)19)15-18-11(9-20)10-22-15/h4-8,10,20H,9H2,1-3H3. The van der Waals surface area contributed by atoms with E-state index in [2.05, 4.69) is 4.98 Å². The number of rotatable bonds is 2. The van der Waals surface area contributed by atoms with Gasteiger partial charge in [0.2, 0.25) is 5.89 Å². The monoisotopic (exact) mass is 314 g/mol. The topological polar surface area (TPSA) is 77.5 Å². The fourth-order valence-corrected chi connectivity index (χ4v) is 2.33. The van der Waals surface area contributed by atoms with Crippen LogP contribution in [-0.2, 0) is 11.3 Å². The number of nitrogens with zero attached hydrogens (tertiary/aromatic N) is 2. The smallest absolute Gasteiger partial charge is 0.418 e. The highest BCUT2D eigenvalue weighted by Gasteiger charge is 2.20. The quantitative estimate of drug-likeness (QED) is 0.782. The number of aliphatic hydroxyl groups is 1. The molecule has 1 N–H and O–H groups in total. The van der Waals surface area contributed by atoms with Crippen molar-refractivity contribution in [2.75, 3.05) is 0 Å². The number of aliphatic hydroxyl groups excluding tert-OH is 1. The highest BCUT2D eigenvalue weighted by Crippen LogP contribution is 2.29. The molecule has 3 aromatic rings. The summed E-state index contributed by atoms with van der Waals surface area (Å²) in [6, 6.07) is 7.33. The van der Waals surface area contributed by atoms with Gasteiger partial charge in [0.1, 0.15) is 17.6 Å². The maximum Gasteiger partial charge on any atom is 0.418 e. The first-order valence-corrected chi connectivity index (χ1v) is 7.28. The van der Waals surface area contributed by atoms with E-state index in [1.807, 2.05) is 45.0 Å². The Labute approximate surface area is 133 Å². The van der Waals surface area contributed by atoms with Gasteiger partial charge in [-0.2, -0.15) is 0 Å². The first-order chi connectivity index (χ1) is 10.9. The zero-order valence-electron chi connectivity index (χ0n) is 13.2. The molecular formula is C17H18N2O4. The predicted octanol–water partition coefficient (Wildman–Crippen LogP) is 3.57. The van der Waals surface area contributed by atoms with Crippen LogP contribution < -0.4 is 0 Å². The molecule has 120 valence electrons. The summed E-state index contributed by atoms with van der Waals surface area (Å²) in [7, 11) is 0. The fourth-order valence-electron chi connectivity index (χ4n) is 2.33. The first-order valence-electron chi connectivity index (χ1n) is 7.28. The van der Waals surface area contributed by atoms with Gasteiger partial charge in [-0.15, -0.1) is 0 Å².